The van der Waals surface area contributed by atoms with Crippen LogP contribution >= 0.6 is 0 Å². The summed E-state index contributed by atoms with van der Waals surface area (Å²) in [5.41, 5.74) is 5.70. The molecule has 5 nitrogen and oxygen atoms in total. The minimum absolute atomic E-state index is 0.00981. The predicted octanol–water partition coefficient (Wildman–Crippen LogP) is 1.26. The molecule has 0 aliphatic carbocycles. The highest BCUT2D eigenvalue weighted by Gasteiger charge is 2.15. The quantitative estimate of drug-likeness (QED) is 0.866. The van der Waals surface area contributed by atoms with Crippen LogP contribution in [0.5, 0.6) is 0 Å². The number of benzene rings is 1. The number of nitrogens with two attached hydrogens (primary N) is 1. The maximum Gasteiger partial charge on any atom is 0.287 e. The van der Waals surface area contributed by atoms with Crippen LogP contribution in [0.4, 0.5) is 0 Å². The average molecular weight is 260 g/mol. The van der Waals surface area contributed by atoms with Gasteiger partial charge in [-0.2, -0.15) is 0 Å². The fourth-order valence-electron chi connectivity index (χ4n) is 1.80. The summed E-state index contributed by atoms with van der Waals surface area (Å²) in [5, 5.41) is 3.19. The van der Waals surface area contributed by atoms with Crippen LogP contribution in [0.1, 0.15) is 23.9 Å². The number of carbonyl (C=O) groups excluding carboxylic acids is 1. The largest absolute Gasteiger partial charge is 0.451 e. The number of hydrogen-bond acceptors (Lipinski definition) is 4. The lowest BCUT2D eigenvalue weighted by Gasteiger charge is -2.13. The summed E-state index contributed by atoms with van der Waals surface area (Å²) in [6.07, 6.45) is 0.722. The lowest BCUT2D eigenvalue weighted by molar-refractivity contribution is 0.0909. The van der Waals surface area contributed by atoms with Gasteiger partial charge >= 0.3 is 0 Å². The molecule has 1 atom stereocenters. The van der Waals surface area contributed by atoms with E-state index in [2.05, 4.69) is 5.32 Å². The molecule has 1 aromatic carbocycles. The highest BCUT2D eigenvalue weighted by molar-refractivity contribution is 5.93. The third kappa shape index (κ3) is 2.82. The van der Waals surface area contributed by atoms with Crippen molar-refractivity contribution in [2.45, 2.75) is 19.4 Å². The van der Waals surface area contributed by atoms with E-state index in [0.29, 0.717) is 17.5 Å². The van der Waals surface area contributed by atoms with Crippen LogP contribution < -0.4 is 16.5 Å². The van der Waals surface area contributed by atoms with Crippen LogP contribution in [0.15, 0.2) is 39.5 Å². The van der Waals surface area contributed by atoms with Crippen LogP contribution in [-0.2, 0) is 0 Å². The number of rotatable bonds is 4. The van der Waals surface area contributed by atoms with E-state index in [4.69, 9.17) is 10.2 Å². The molecule has 0 saturated carbocycles. The molecule has 2 rings (SSSR count). The molecule has 0 saturated heterocycles. The van der Waals surface area contributed by atoms with Crippen molar-refractivity contribution < 1.29 is 9.21 Å². The summed E-state index contributed by atoms with van der Waals surface area (Å²) in [4.78, 5) is 23.8. The molecule has 1 aromatic heterocycles. The molecule has 0 spiro atoms. The van der Waals surface area contributed by atoms with Crippen LogP contribution in [0, 0.1) is 0 Å². The Morgan fingerprint density at radius 2 is 2.16 bits per heavy atom. The maximum atomic E-state index is 12.0. The van der Waals surface area contributed by atoms with Crippen molar-refractivity contribution >= 4 is 16.9 Å². The van der Waals surface area contributed by atoms with E-state index in [1.165, 1.54) is 6.07 Å². The van der Waals surface area contributed by atoms with Gasteiger partial charge in [-0.25, -0.2) is 0 Å². The number of fused-ring (bicyclic) bond motifs is 1. The number of carbonyl (C=O) groups is 1. The van der Waals surface area contributed by atoms with Crippen LogP contribution in [0.3, 0.4) is 0 Å². The molecule has 0 radical (unpaired) electrons. The number of hydrogen-bond donors (Lipinski definition) is 2. The summed E-state index contributed by atoms with van der Waals surface area (Å²) < 4.78 is 5.44. The molecule has 0 aliphatic rings. The van der Waals surface area contributed by atoms with Gasteiger partial charge in [-0.3, -0.25) is 9.59 Å². The Bertz CT molecular complexity index is 644. The van der Waals surface area contributed by atoms with E-state index < -0.39 is 5.91 Å². The van der Waals surface area contributed by atoms with Crippen molar-refractivity contribution in [1.82, 2.24) is 5.32 Å². The minimum Gasteiger partial charge on any atom is -0.451 e. The van der Waals surface area contributed by atoms with E-state index in [9.17, 15) is 9.59 Å². The van der Waals surface area contributed by atoms with Crippen molar-refractivity contribution in [3.8, 4) is 0 Å². The van der Waals surface area contributed by atoms with E-state index in [-0.39, 0.29) is 17.2 Å². The fourth-order valence-corrected chi connectivity index (χ4v) is 1.80. The average Bonchev–Trinajstić information content (AvgIpc) is 2.44. The summed E-state index contributed by atoms with van der Waals surface area (Å²) in [6, 6.07) is 7.92. The molecular formula is C14H16N2O3. The zero-order valence-electron chi connectivity index (χ0n) is 10.7. The first kappa shape index (κ1) is 13.3. The van der Waals surface area contributed by atoms with Crippen molar-refractivity contribution in [3.63, 3.8) is 0 Å². The third-order valence-corrected chi connectivity index (χ3v) is 2.97. The Hall–Kier alpha value is -2.14. The Labute approximate surface area is 110 Å². The first-order valence-corrected chi connectivity index (χ1v) is 6.19. The van der Waals surface area contributed by atoms with Gasteiger partial charge in [-0.1, -0.05) is 19.1 Å². The molecule has 0 bridgehead atoms. The van der Waals surface area contributed by atoms with Crippen molar-refractivity contribution in [2.24, 2.45) is 5.73 Å². The topological polar surface area (TPSA) is 85.3 Å². The summed E-state index contributed by atoms with van der Waals surface area (Å²) in [6.45, 7) is 2.27. The Morgan fingerprint density at radius 1 is 1.42 bits per heavy atom. The minimum atomic E-state index is -0.417. The normalized spacial score (nSPS) is 12.3. The summed E-state index contributed by atoms with van der Waals surface area (Å²) in [7, 11) is 0. The number of nitrogens with one attached hydrogen (secondary N) is 1. The van der Waals surface area contributed by atoms with Gasteiger partial charge in [0.15, 0.2) is 11.2 Å². The SMILES string of the molecule is CCC(CN)NC(=O)c1cc(=O)c2ccccc2o1. The second kappa shape index (κ2) is 5.67. The van der Waals surface area contributed by atoms with E-state index in [1.54, 1.807) is 24.3 Å². The van der Waals surface area contributed by atoms with Gasteiger partial charge in [0.1, 0.15) is 5.58 Å². The molecule has 1 unspecified atom stereocenters. The molecule has 0 aliphatic heterocycles. The second-order valence-corrected chi connectivity index (χ2v) is 4.29. The fraction of sp³-hybridized carbons (Fsp3) is 0.286. The van der Waals surface area contributed by atoms with Crippen molar-refractivity contribution in [1.29, 1.82) is 0 Å². The molecule has 1 amide bonds. The van der Waals surface area contributed by atoms with Gasteiger partial charge in [-0.05, 0) is 18.6 Å². The zero-order chi connectivity index (χ0) is 13.8. The van der Waals surface area contributed by atoms with E-state index in [0.717, 1.165) is 6.42 Å². The number of para-hydroxylation sites is 1. The zero-order valence-corrected chi connectivity index (χ0v) is 10.7. The van der Waals surface area contributed by atoms with Gasteiger partial charge in [0.2, 0.25) is 0 Å². The Morgan fingerprint density at radius 3 is 2.84 bits per heavy atom. The molecular weight excluding hydrogens is 244 g/mol. The summed E-state index contributed by atoms with van der Waals surface area (Å²) in [5.74, 6) is -0.407. The lowest BCUT2D eigenvalue weighted by atomic mass is 10.2. The highest BCUT2D eigenvalue weighted by atomic mass is 16.3. The van der Waals surface area contributed by atoms with Crippen molar-refractivity contribution in [2.75, 3.05) is 6.54 Å². The third-order valence-electron chi connectivity index (χ3n) is 2.97. The Balaban J connectivity index is 2.35. The lowest BCUT2D eigenvalue weighted by Crippen LogP contribution is -2.39. The molecule has 19 heavy (non-hydrogen) atoms. The van der Waals surface area contributed by atoms with E-state index in [1.807, 2.05) is 6.92 Å². The van der Waals surface area contributed by atoms with Gasteiger partial charge in [0.25, 0.3) is 5.91 Å². The first-order chi connectivity index (χ1) is 9.15. The molecule has 5 heteroatoms. The van der Waals surface area contributed by atoms with Gasteiger partial charge in [-0.15, -0.1) is 0 Å². The number of amides is 1. The molecule has 100 valence electrons. The first-order valence-electron chi connectivity index (χ1n) is 6.19. The van der Waals surface area contributed by atoms with Crippen molar-refractivity contribution in [3.05, 3.63) is 46.3 Å². The Kier molecular flexibility index (Phi) is 3.97. The van der Waals surface area contributed by atoms with Gasteiger partial charge < -0.3 is 15.5 Å². The van der Waals surface area contributed by atoms with Gasteiger partial charge in [0.05, 0.1) is 5.39 Å². The monoisotopic (exact) mass is 260 g/mol. The van der Waals surface area contributed by atoms with E-state index >= 15 is 0 Å². The highest BCUT2D eigenvalue weighted by Crippen LogP contribution is 2.11. The molecule has 1 heterocycles. The van der Waals surface area contributed by atoms with Crippen LogP contribution in [-0.4, -0.2) is 18.5 Å². The van der Waals surface area contributed by atoms with Crippen LogP contribution in [0.2, 0.25) is 0 Å². The van der Waals surface area contributed by atoms with Gasteiger partial charge in [0, 0.05) is 18.7 Å². The molecule has 2 aromatic rings. The maximum absolute atomic E-state index is 12.0. The van der Waals surface area contributed by atoms with Crippen LogP contribution in [0.25, 0.3) is 11.0 Å². The predicted molar refractivity (Wildman–Crippen MR) is 73.1 cm³/mol. The standard InChI is InChI=1S/C14H16N2O3/c1-2-9(8-15)16-14(18)13-7-11(17)10-5-3-4-6-12(10)19-13/h3-7,9H,2,8,15H2,1H3,(H,16,18). The molecule has 0 fully saturated rings. The summed E-state index contributed by atoms with van der Waals surface area (Å²) >= 11 is 0. The molecule has 3 N–H and O–H groups in total. The smallest absolute Gasteiger partial charge is 0.287 e. The second-order valence-electron chi connectivity index (χ2n) is 4.29.